The van der Waals surface area contributed by atoms with Gasteiger partial charge in [0.25, 0.3) is 0 Å². The molecular weight excluding hydrogens is 276 g/mol. The zero-order valence-corrected chi connectivity index (χ0v) is 13.4. The van der Waals surface area contributed by atoms with Crippen molar-refractivity contribution in [3.63, 3.8) is 0 Å². The number of methoxy groups -OCH3 is 1. The van der Waals surface area contributed by atoms with Gasteiger partial charge >= 0.3 is 5.97 Å². The molecule has 0 aliphatic carbocycles. The molecule has 0 spiro atoms. The molecular formula is C19H22O3. The molecule has 2 rings (SSSR count). The predicted molar refractivity (Wildman–Crippen MR) is 87.3 cm³/mol. The van der Waals surface area contributed by atoms with E-state index < -0.39 is 0 Å². The molecule has 0 fully saturated rings. The maximum Gasteiger partial charge on any atom is 0.338 e. The third-order valence-electron chi connectivity index (χ3n) is 3.74. The van der Waals surface area contributed by atoms with Crippen molar-refractivity contribution < 1.29 is 14.3 Å². The number of esters is 1. The van der Waals surface area contributed by atoms with E-state index in [0.29, 0.717) is 12.2 Å². The summed E-state index contributed by atoms with van der Waals surface area (Å²) in [5.41, 5.74) is 3.86. The quantitative estimate of drug-likeness (QED) is 0.751. The summed E-state index contributed by atoms with van der Waals surface area (Å²) in [6.45, 7) is 4.64. The third kappa shape index (κ3) is 3.48. The minimum Gasteiger partial charge on any atom is -0.489 e. The lowest BCUT2D eigenvalue weighted by atomic mass is 9.96. The van der Waals surface area contributed by atoms with Crippen LogP contribution in [0, 0.1) is 0 Å². The number of carbonyl (C=O) groups excluding carboxylic acids is 1. The number of hydrogen-bond acceptors (Lipinski definition) is 3. The van der Waals surface area contributed by atoms with Crippen molar-refractivity contribution in [1.82, 2.24) is 0 Å². The number of carbonyl (C=O) groups is 1. The molecule has 0 atom stereocenters. The molecule has 0 bridgehead atoms. The van der Waals surface area contributed by atoms with Crippen molar-refractivity contribution in [3.8, 4) is 5.75 Å². The predicted octanol–water partition coefficient (Wildman–Crippen LogP) is 4.18. The lowest BCUT2D eigenvalue weighted by Gasteiger charge is -2.16. The van der Waals surface area contributed by atoms with Gasteiger partial charge in [0, 0.05) is 0 Å². The Hall–Kier alpha value is -2.29. The summed E-state index contributed by atoms with van der Waals surface area (Å²) in [6.07, 6.45) is 1.59. The van der Waals surface area contributed by atoms with E-state index in [2.05, 4.69) is 6.92 Å². The van der Waals surface area contributed by atoms with Gasteiger partial charge in [-0.2, -0.15) is 0 Å². The fourth-order valence-corrected chi connectivity index (χ4v) is 2.63. The van der Waals surface area contributed by atoms with Crippen molar-refractivity contribution in [2.75, 3.05) is 7.11 Å². The van der Waals surface area contributed by atoms with Gasteiger partial charge in [-0.15, -0.1) is 0 Å². The van der Waals surface area contributed by atoms with Gasteiger partial charge in [0.05, 0.1) is 12.7 Å². The number of ether oxygens (including phenoxy) is 2. The summed E-state index contributed by atoms with van der Waals surface area (Å²) in [7, 11) is 1.41. The Morgan fingerprint density at radius 1 is 0.955 bits per heavy atom. The van der Waals surface area contributed by atoms with Crippen molar-refractivity contribution in [2.45, 2.75) is 33.3 Å². The molecule has 0 saturated heterocycles. The molecule has 0 saturated carbocycles. The summed E-state index contributed by atoms with van der Waals surface area (Å²) < 4.78 is 10.8. The van der Waals surface area contributed by atoms with E-state index in [1.807, 2.05) is 43.3 Å². The van der Waals surface area contributed by atoms with Crippen LogP contribution in [0.4, 0.5) is 0 Å². The smallest absolute Gasteiger partial charge is 0.338 e. The molecule has 0 heterocycles. The van der Waals surface area contributed by atoms with E-state index in [1.165, 1.54) is 7.11 Å². The van der Waals surface area contributed by atoms with Crippen LogP contribution < -0.4 is 4.74 Å². The van der Waals surface area contributed by atoms with Gasteiger partial charge in [0.2, 0.25) is 0 Å². The first-order chi connectivity index (χ1) is 10.7. The van der Waals surface area contributed by atoms with Gasteiger partial charge in [-0.3, -0.25) is 0 Å². The van der Waals surface area contributed by atoms with Crippen LogP contribution >= 0.6 is 0 Å². The molecule has 0 aromatic heterocycles. The average Bonchev–Trinajstić information content (AvgIpc) is 2.59. The third-order valence-corrected chi connectivity index (χ3v) is 3.74. The SMILES string of the molecule is CCc1c(OCc2ccccc2)ccc(C(=O)OC)c1CC. The molecule has 0 unspecified atom stereocenters. The Balaban J connectivity index is 2.30. The second kappa shape index (κ2) is 7.64. The lowest BCUT2D eigenvalue weighted by Crippen LogP contribution is -2.09. The van der Waals surface area contributed by atoms with Crippen LogP contribution in [0.2, 0.25) is 0 Å². The van der Waals surface area contributed by atoms with E-state index in [4.69, 9.17) is 9.47 Å². The summed E-state index contributed by atoms with van der Waals surface area (Å²) in [4.78, 5) is 11.9. The van der Waals surface area contributed by atoms with Crippen molar-refractivity contribution >= 4 is 5.97 Å². The number of rotatable bonds is 6. The molecule has 0 aliphatic rings. The first kappa shape index (κ1) is 16.1. The normalized spacial score (nSPS) is 10.3. The van der Waals surface area contributed by atoms with Crippen LogP contribution in [-0.2, 0) is 24.2 Å². The number of hydrogen-bond donors (Lipinski definition) is 0. The Morgan fingerprint density at radius 2 is 1.64 bits per heavy atom. The van der Waals surface area contributed by atoms with E-state index in [1.54, 1.807) is 6.07 Å². The Labute approximate surface area is 131 Å². The largest absolute Gasteiger partial charge is 0.489 e. The van der Waals surface area contributed by atoms with E-state index >= 15 is 0 Å². The summed E-state index contributed by atoms with van der Waals surface area (Å²) in [5.74, 6) is 0.553. The fourth-order valence-electron chi connectivity index (χ4n) is 2.63. The van der Waals surface area contributed by atoms with Crippen molar-refractivity contribution in [1.29, 1.82) is 0 Å². The van der Waals surface area contributed by atoms with E-state index in [-0.39, 0.29) is 5.97 Å². The molecule has 3 heteroatoms. The zero-order valence-electron chi connectivity index (χ0n) is 13.4. The molecule has 0 amide bonds. The van der Waals surface area contributed by atoms with Crippen LogP contribution in [0.3, 0.4) is 0 Å². The monoisotopic (exact) mass is 298 g/mol. The lowest BCUT2D eigenvalue weighted by molar-refractivity contribution is 0.0599. The van der Waals surface area contributed by atoms with Crippen LogP contribution in [0.5, 0.6) is 5.75 Å². The van der Waals surface area contributed by atoms with Crippen molar-refractivity contribution in [3.05, 3.63) is 64.7 Å². The molecule has 2 aromatic rings. The highest BCUT2D eigenvalue weighted by atomic mass is 16.5. The van der Waals surface area contributed by atoms with Crippen molar-refractivity contribution in [2.24, 2.45) is 0 Å². The second-order valence-electron chi connectivity index (χ2n) is 5.04. The van der Waals surface area contributed by atoms with Crippen LogP contribution in [0.1, 0.15) is 40.9 Å². The molecule has 22 heavy (non-hydrogen) atoms. The molecule has 2 aromatic carbocycles. The summed E-state index contributed by atoms with van der Waals surface area (Å²) >= 11 is 0. The van der Waals surface area contributed by atoms with Crippen LogP contribution in [-0.4, -0.2) is 13.1 Å². The van der Waals surface area contributed by atoms with E-state index in [0.717, 1.165) is 35.3 Å². The highest BCUT2D eigenvalue weighted by molar-refractivity contribution is 5.91. The summed E-state index contributed by atoms with van der Waals surface area (Å²) in [6, 6.07) is 13.7. The number of benzene rings is 2. The molecule has 3 nitrogen and oxygen atoms in total. The Morgan fingerprint density at radius 3 is 2.23 bits per heavy atom. The minimum atomic E-state index is -0.291. The van der Waals surface area contributed by atoms with Gasteiger partial charge in [0.1, 0.15) is 12.4 Å². The zero-order chi connectivity index (χ0) is 15.9. The maximum absolute atomic E-state index is 11.9. The fraction of sp³-hybridized carbons (Fsp3) is 0.316. The summed E-state index contributed by atoms with van der Waals surface area (Å²) in [5, 5.41) is 0. The first-order valence-electron chi connectivity index (χ1n) is 7.61. The Bertz CT molecular complexity index is 633. The first-order valence-corrected chi connectivity index (χ1v) is 7.61. The van der Waals surface area contributed by atoms with E-state index in [9.17, 15) is 4.79 Å². The Kier molecular flexibility index (Phi) is 5.59. The average molecular weight is 298 g/mol. The van der Waals surface area contributed by atoms with Gasteiger partial charge in [-0.1, -0.05) is 44.2 Å². The minimum absolute atomic E-state index is 0.291. The topological polar surface area (TPSA) is 35.5 Å². The highest BCUT2D eigenvalue weighted by Gasteiger charge is 2.17. The van der Waals surface area contributed by atoms with Gasteiger partial charge in [0.15, 0.2) is 0 Å². The van der Waals surface area contributed by atoms with Crippen LogP contribution in [0.25, 0.3) is 0 Å². The standard InChI is InChI=1S/C19H22O3/c1-4-15-16(5-2)18(12-11-17(15)19(20)21-3)22-13-14-9-7-6-8-10-14/h6-12H,4-5,13H2,1-3H3. The molecule has 0 aliphatic heterocycles. The molecule has 0 radical (unpaired) electrons. The molecule has 0 N–H and O–H groups in total. The second-order valence-corrected chi connectivity index (χ2v) is 5.04. The molecule has 116 valence electrons. The van der Waals surface area contributed by atoms with Gasteiger partial charge < -0.3 is 9.47 Å². The van der Waals surface area contributed by atoms with Gasteiger partial charge in [-0.25, -0.2) is 4.79 Å². The highest BCUT2D eigenvalue weighted by Crippen LogP contribution is 2.28. The van der Waals surface area contributed by atoms with Gasteiger partial charge in [-0.05, 0) is 41.7 Å². The van der Waals surface area contributed by atoms with Crippen LogP contribution in [0.15, 0.2) is 42.5 Å². The maximum atomic E-state index is 11.9.